The molecule has 0 spiro atoms. The second-order valence-corrected chi connectivity index (χ2v) is 7.25. The Morgan fingerprint density at radius 1 is 1.00 bits per heavy atom. The van der Waals surface area contributed by atoms with Crippen LogP contribution in [0.15, 0.2) is 35.5 Å². The van der Waals surface area contributed by atoms with E-state index in [0.29, 0.717) is 11.8 Å². The molecule has 0 radical (unpaired) electrons. The van der Waals surface area contributed by atoms with Crippen LogP contribution >= 0.6 is 11.8 Å². The van der Waals surface area contributed by atoms with Gasteiger partial charge in [0.1, 0.15) is 16.5 Å². The number of hydrogen-bond acceptors (Lipinski definition) is 6. The van der Waals surface area contributed by atoms with Crippen molar-refractivity contribution in [2.24, 2.45) is 0 Å². The van der Waals surface area contributed by atoms with Crippen molar-refractivity contribution in [1.29, 1.82) is 0 Å². The molecule has 0 saturated heterocycles. The second-order valence-electron chi connectivity index (χ2n) is 6.46. The van der Waals surface area contributed by atoms with Gasteiger partial charge >= 0.3 is 0 Å². The van der Waals surface area contributed by atoms with E-state index in [0.717, 1.165) is 53.5 Å². The molecule has 3 aromatic rings. The molecule has 0 N–H and O–H groups in total. The van der Waals surface area contributed by atoms with Gasteiger partial charge in [-0.05, 0) is 37.3 Å². The highest BCUT2D eigenvalue weighted by atomic mass is 32.2. The van der Waals surface area contributed by atoms with Gasteiger partial charge < -0.3 is 14.4 Å². The van der Waals surface area contributed by atoms with Gasteiger partial charge in [0.05, 0.1) is 14.2 Å². The van der Waals surface area contributed by atoms with E-state index in [9.17, 15) is 0 Å². The highest BCUT2D eigenvalue weighted by Gasteiger charge is 2.21. The molecule has 28 heavy (non-hydrogen) atoms. The zero-order valence-corrected chi connectivity index (χ0v) is 18.0. The van der Waals surface area contributed by atoms with Gasteiger partial charge in [0.2, 0.25) is 11.8 Å². The van der Waals surface area contributed by atoms with Crippen molar-refractivity contribution in [3.05, 3.63) is 30.5 Å². The highest BCUT2D eigenvalue weighted by Crippen LogP contribution is 2.37. The zero-order chi connectivity index (χ0) is 20.1. The van der Waals surface area contributed by atoms with Crippen LogP contribution < -0.4 is 14.4 Å². The topological polar surface area (TPSA) is 51.9 Å². The Balaban J connectivity index is 2.22. The van der Waals surface area contributed by atoms with E-state index in [4.69, 9.17) is 14.5 Å². The number of rotatable bonds is 9. The maximum absolute atomic E-state index is 5.54. The fourth-order valence-corrected chi connectivity index (χ4v) is 4.02. The number of nitrogens with zero attached hydrogens (tertiary/aromatic N) is 4. The third-order valence-corrected chi connectivity index (χ3v) is 5.26. The van der Waals surface area contributed by atoms with E-state index in [-0.39, 0.29) is 0 Å². The lowest BCUT2D eigenvalue weighted by Crippen LogP contribution is -2.26. The molecule has 0 fully saturated rings. The van der Waals surface area contributed by atoms with E-state index in [2.05, 4.69) is 52.7 Å². The first kappa shape index (κ1) is 20.3. The molecule has 0 aliphatic heterocycles. The summed E-state index contributed by atoms with van der Waals surface area (Å²) in [5.41, 5.74) is 2.80. The van der Waals surface area contributed by atoms with E-state index < -0.39 is 0 Å². The van der Waals surface area contributed by atoms with Crippen LogP contribution in [0.4, 0.5) is 5.82 Å². The summed E-state index contributed by atoms with van der Waals surface area (Å²) in [7, 11) is 3.23. The number of fused-ring (bicyclic) bond motifs is 1. The van der Waals surface area contributed by atoms with Crippen LogP contribution in [0.1, 0.15) is 26.7 Å². The summed E-state index contributed by atoms with van der Waals surface area (Å²) in [4.78, 5) is 11.8. The minimum Gasteiger partial charge on any atom is -0.481 e. The van der Waals surface area contributed by atoms with Crippen LogP contribution in [0.25, 0.3) is 16.8 Å². The highest BCUT2D eigenvalue weighted by molar-refractivity contribution is 7.98. The minimum atomic E-state index is 0.526. The normalized spacial score (nSPS) is 11.0. The molecule has 7 heteroatoms. The zero-order valence-electron chi connectivity index (χ0n) is 17.2. The van der Waals surface area contributed by atoms with Crippen molar-refractivity contribution in [3.63, 3.8) is 0 Å². The maximum atomic E-state index is 5.54. The standard InChI is InChI=1S/C21H28N4O2S/c1-6-12-24(13-7-2)21-20(28-5)23-18-15(9-8-14-25(18)21)16-10-11-17(26-3)22-19(16)27-4/h8-11,14H,6-7,12-13H2,1-5H3. The summed E-state index contributed by atoms with van der Waals surface area (Å²) in [5, 5.41) is 1.04. The Morgan fingerprint density at radius 3 is 2.36 bits per heavy atom. The molecule has 0 aliphatic carbocycles. The average Bonchev–Trinajstić information content (AvgIpc) is 3.11. The lowest BCUT2D eigenvalue weighted by atomic mass is 10.1. The lowest BCUT2D eigenvalue weighted by Gasteiger charge is -2.24. The van der Waals surface area contributed by atoms with E-state index in [1.165, 1.54) is 0 Å². The van der Waals surface area contributed by atoms with Gasteiger partial charge in [0.15, 0.2) is 0 Å². The predicted molar refractivity (Wildman–Crippen MR) is 116 cm³/mol. The van der Waals surface area contributed by atoms with Crippen molar-refractivity contribution in [1.82, 2.24) is 14.4 Å². The van der Waals surface area contributed by atoms with Crippen LogP contribution in [0.5, 0.6) is 11.8 Å². The van der Waals surface area contributed by atoms with Gasteiger partial charge in [-0.3, -0.25) is 4.40 Å². The summed E-state index contributed by atoms with van der Waals surface area (Å²) < 4.78 is 13.0. The molecule has 0 amide bonds. The molecular formula is C21H28N4O2S. The molecule has 0 unspecified atom stereocenters. The Labute approximate surface area is 170 Å². The molecule has 0 aliphatic rings. The monoisotopic (exact) mass is 400 g/mol. The van der Waals surface area contributed by atoms with Gasteiger partial charge in [-0.1, -0.05) is 13.8 Å². The minimum absolute atomic E-state index is 0.526. The third kappa shape index (κ3) is 3.76. The molecule has 150 valence electrons. The summed E-state index contributed by atoms with van der Waals surface area (Å²) in [5.74, 6) is 2.22. The molecule has 0 bridgehead atoms. The van der Waals surface area contributed by atoms with E-state index in [1.54, 1.807) is 26.0 Å². The number of aromatic nitrogens is 3. The van der Waals surface area contributed by atoms with Crippen molar-refractivity contribution >= 4 is 23.2 Å². The van der Waals surface area contributed by atoms with Crippen molar-refractivity contribution in [2.45, 2.75) is 31.7 Å². The summed E-state index contributed by atoms with van der Waals surface area (Å²) in [6, 6.07) is 7.94. The van der Waals surface area contributed by atoms with E-state index >= 15 is 0 Å². The SMILES string of the molecule is CCCN(CCC)c1c(SC)nc2c(-c3ccc(OC)nc3OC)cccn12. The number of hydrogen-bond donors (Lipinski definition) is 0. The largest absolute Gasteiger partial charge is 0.481 e. The Morgan fingerprint density at radius 2 is 1.75 bits per heavy atom. The number of anilines is 1. The van der Waals surface area contributed by atoms with Gasteiger partial charge in [-0.2, -0.15) is 4.98 Å². The predicted octanol–water partition coefficient (Wildman–Crippen LogP) is 4.76. The van der Waals surface area contributed by atoms with Crippen molar-refractivity contribution < 1.29 is 9.47 Å². The summed E-state index contributed by atoms with van der Waals surface area (Å²) in [6.45, 7) is 6.44. The summed E-state index contributed by atoms with van der Waals surface area (Å²) >= 11 is 1.68. The number of methoxy groups -OCH3 is 2. The van der Waals surface area contributed by atoms with Gasteiger partial charge in [0.25, 0.3) is 0 Å². The van der Waals surface area contributed by atoms with Crippen LogP contribution in [-0.4, -0.2) is 47.9 Å². The second kappa shape index (κ2) is 9.19. The quantitative estimate of drug-likeness (QED) is 0.483. The Bertz CT molecular complexity index is 936. The summed E-state index contributed by atoms with van der Waals surface area (Å²) in [6.07, 6.45) is 6.35. The molecule has 3 aromatic heterocycles. The fourth-order valence-electron chi connectivity index (χ4n) is 3.43. The first-order valence-corrected chi connectivity index (χ1v) is 10.8. The van der Waals surface area contributed by atoms with Crippen LogP contribution in [0.2, 0.25) is 0 Å². The first-order valence-electron chi connectivity index (χ1n) is 9.57. The Hall–Kier alpha value is -2.41. The van der Waals surface area contributed by atoms with Crippen LogP contribution in [-0.2, 0) is 0 Å². The van der Waals surface area contributed by atoms with Gasteiger partial charge in [-0.15, -0.1) is 11.8 Å². The number of imidazole rings is 1. The van der Waals surface area contributed by atoms with Crippen LogP contribution in [0.3, 0.4) is 0 Å². The number of thioether (sulfide) groups is 1. The van der Waals surface area contributed by atoms with Gasteiger partial charge in [0, 0.05) is 36.5 Å². The molecular weight excluding hydrogens is 372 g/mol. The van der Waals surface area contributed by atoms with Crippen molar-refractivity contribution in [2.75, 3.05) is 38.5 Å². The van der Waals surface area contributed by atoms with Gasteiger partial charge in [-0.25, -0.2) is 4.98 Å². The lowest BCUT2D eigenvalue weighted by molar-refractivity contribution is 0.366. The molecule has 3 rings (SSSR count). The molecule has 0 aromatic carbocycles. The molecule has 6 nitrogen and oxygen atoms in total. The fraction of sp³-hybridized carbons (Fsp3) is 0.429. The average molecular weight is 401 g/mol. The molecule has 0 saturated carbocycles. The molecule has 3 heterocycles. The Kier molecular flexibility index (Phi) is 6.67. The smallest absolute Gasteiger partial charge is 0.224 e. The first-order chi connectivity index (χ1) is 13.7. The van der Waals surface area contributed by atoms with E-state index in [1.807, 2.05) is 12.1 Å². The number of ether oxygens (including phenoxy) is 2. The third-order valence-electron chi connectivity index (χ3n) is 4.60. The molecule has 0 atom stereocenters. The number of pyridine rings is 2. The maximum Gasteiger partial charge on any atom is 0.224 e. The van der Waals surface area contributed by atoms with Crippen LogP contribution in [0, 0.1) is 0 Å². The van der Waals surface area contributed by atoms with Crippen molar-refractivity contribution in [3.8, 4) is 22.9 Å².